The largest absolute Gasteiger partial charge is 0.497 e. The van der Waals surface area contributed by atoms with E-state index in [9.17, 15) is 4.79 Å². The van der Waals surface area contributed by atoms with Crippen LogP contribution in [-0.4, -0.2) is 57.1 Å². The highest BCUT2D eigenvalue weighted by molar-refractivity contribution is 5.82. The van der Waals surface area contributed by atoms with Crippen LogP contribution < -0.4 is 23.8 Å². The van der Waals surface area contributed by atoms with Crippen molar-refractivity contribution in [1.29, 1.82) is 0 Å². The molecular weight excluding hydrogens is 530 g/mol. The maximum atomic E-state index is 12.4. The number of nitrogens with zero attached hydrogens (tertiary/aromatic N) is 3. The van der Waals surface area contributed by atoms with Crippen LogP contribution in [0, 0.1) is 0 Å². The second-order valence-corrected chi connectivity index (χ2v) is 9.97. The number of carbonyl (C=O) groups is 1. The summed E-state index contributed by atoms with van der Waals surface area (Å²) >= 11 is 0. The number of aromatic nitrogens is 2. The predicted molar refractivity (Wildman–Crippen MR) is 148 cm³/mol. The van der Waals surface area contributed by atoms with Gasteiger partial charge in [0.2, 0.25) is 0 Å². The summed E-state index contributed by atoms with van der Waals surface area (Å²) in [4.78, 5) is 23.7. The van der Waals surface area contributed by atoms with Crippen molar-refractivity contribution in [3.05, 3.63) is 65.5 Å². The van der Waals surface area contributed by atoms with Crippen LogP contribution in [0.4, 0.5) is 6.01 Å². The fourth-order valence-corrected chi connectivity index (χ4v) is 5.50. The van der Waals surface area contributed by atoms with Gasteiger partial charge in [0.05, 0.1) is 59.9 Å². The van der Waals surface area contributed by atoms with Crippen molar-refractivity contribution < 1.29 is 37.6 Å². The van der Waals surface area contributed by atoms with Crippen LogP contribution in [0.25, 0.3) is 11.1 Å². The summed E-state index contributed by atoms with van der Waals surface area (Å²) in [5.74, 6) is 2.34. The molecule has 0 spiro atoms. The van der Waals surface area contributed by atoms with E-state index in [0.717, 1.165) is 11.1 Å². The van der Waals surface area contributed by atoms with Gasteiger partial charge in [0.1, 0.15) is 34.1 Å². The van der Waals surface area contributed by atoms with Crippen LogP contribution in [0.15, 0.2) is 53.2 Å². The van der Waals surface area contributed by atoms with Gasteiger partial charge in [0.15, 0.2) is 11.7 Å². The predicted octanol–water partition coefficient (Wildman–Crippen LogP) is 4.40. The molecule has 4 heterocycles. The van der Waals surface area contributed by atoms with E-state index >= 15 is 0 Å². The summed E-state index contributed by atoms with van der Waals surface area (Å²) in [5.41, 5.74) is 2.72. The standard InChI is InChI=1S/C30H31N3O8/c1-35-20-7-5-18(24(11-20)37-3)16-33(17-19-6-8-21(36-2)12-25(19)38-4)29-32-23-15-31-14-22(27(23)40-29)30-9-10-39-26(13-30)28(34)41-30/h5-8,11-12,14-15,26H,9-10,13,16-17H2,1-4H3. The molecule has 11 nitrogen and oxygen atoms in total. The number of oxazole rings is 1. The fourth-order valence-electron chi connectivity index (χ4n) is 5.50. The van der Waals surface area contributed by atoms with Crippen molar-refractivity contribution in [3.63, 3.8) is 0 Å². The van der Waals surface area contributed by atoms with Gasteiger partial charge in [-0.15, -0.1) is 0 Å². The van der Waals surface area contributed by atoms with Crippen LogP contribution in [-0.2, 0) is 33.0 Å². The molecular formula is C30H31N3O8. The zero-order chi connectivity index (χ0) is 28.6. The Bertz CT molecular complexity index is 1530. The van der Waals surface area contributed by atoms with Crippen LogP contribution in [0.1, 0.15) is 29.5 Å². The molecule has 214 valence electrons. The third kappa shape index (κ3) is 4.86. The summed E-state index contributed by atoms with van der Waals surface area (Å²) in [7, 11) is 6.47. The minimum absolute atomic E-state index is 0.362. The average Bonchev–Trinajstić information content (AvgIpc) is 3.54. The fraction of sp³-hybridized carbons (Fsp3) is 0.367. The molecule has 0 N–H and O–H groups in total. The van der Waals surface area contributed by atoms with Gasteiger partial charge in [0, 0.05) is 42.3 Å². The van der Waals surface area contributed by atoms with Crippen LogP contribution in [0.3, 0.4) is 0 Å². The Morgan fingerprint density at radius 3 is 2.20 bits per heavy atom. The first-order chi connectivity index (χ1) is 20.0. The Morgan fingerprint density at radius 2 is 1.59 bits per heavy atom. The molecule has 0 radical (unpaired) electrons. The van der Waals surface area contributed by atoms with Gasteiger partial charge in [-0.25, -0.2) is 4.79 Å². The first-order valence-corrected chi connectivity index (χ1v) is 13.2. The molecule has 6 rings (SSSR count). The molecule has 0 aliphatic carbocycles. The molecule has 2 saturated heterocycles. The lowest BCUT2D eigenvalue weighted by molar-refractivity contribution is -0.150. The molecule has 2 aliphatic heterocycles. The molecule has 2 fully saturated rings. The van der Waals surface area contributed by atoms with Gasteiger partial charge < -0.3 is 37.7 Å². The minimum atomic E-state index is -0.855. The number of ether oxygens (including phenoxy) is 6. The van der Waals surface area contributed by atoms with E-state index < -0.39 is 11.7 Å². The molecule has 2 atom stereocenters. The zero-order valence-electron chi connectivity index (χ0n) is 23.3. The van der Waals surface area contributed by atoms with E-state index in [1.165, 1.54) is 0 Å². The lowest BCUT2D eigenvalue weighted by atomic mass is 9.86. The Kier molecular flexibility index (Phi) is 7.04. The summed E-state index contributed by atoms with van der Waals surface area (Å²) in [6.45, 7) is 1.20. The van der Waals surface area contributed by atoms with E-state index in [0.29, 0.717) is 78.2 Å². The van der Waals surface area contributed by atoms with Gasteiger partial charge in [-0.3, -0.25) is 4.98 Å². The van der Waals surface area contributed by atoms with Gasteiger partial charge in [0.25, 0.3) is 6.01 Å². The molecule has 41 heavy (non-hydrogen) atoms. The SMILES string of the molecule is COc1ccc(CN(Cc2ccc(OC)cc2OC)c2nc3cncc(C45CCOC(C4)C(=O)O5)c3o2)c(OC)c1. The first kappa shape index (κ1) is 26.7. The van der Waals surface area contributed by atoms with Crippen molar-refractivity contribution in [3.8, 4) is 23.0 Å². The molecule has 11 heteroatoms. The second kappa shape index (κ2) is 10.8. The summed E-state index contributed by atoms with van der Waals surface area (Å²) in [5, 5.41) is 0. The number of hydrogen-bond acceptors (Lipinski definition) is 11. The average molecular weight is 562 g/mol. The highest BCUT2D eigenvalue weighted by Crippen LogP contribution is 2.47. The van der Waals surface area contributed by atoms with E-state index in [-0.39, 0.29) is 5.97 Å². The van der Waals surface area contributed by atoms with Gasteiger partial charge in [-0.05, 0) is 24.3 Å². The lowest BCUT2D eigenvalue weighted by Gasteiger charge is -2.29. The highest BCUT2D eigenvalue weighted by atomic mass is 16.6. The number of rotatable bonds is 10. The monoisotopic (exact) mass is 561 g/mol. The zero-order valence-corrected chi connectivity index (χ0v) is 23.3. The van der Waals surface area contributed by atoms with Gasteiger partial charge in [-0.2, -0.15) is 4.98 Å². The first-order valence-electron chi connectivity index (χ1n) is 13.2. The van der Waals surface area contributed by atoms with Crippen LogP contribution in [0.2, 0.25) is 0 Å². The summed E-state index contributed by atoms with van der Waals surface area (Å²) in [6.07, 6.45) is 3.70. The molecule has 2 aromatic heterocycles. The molecule has 0 saturated carbocycles. The Labute approximate surface area is 236 Å². The highest BCUT2D eigenvalue weighted by Gasteiger charge is 2.53. The normalized spacial score (nSPS) is 19.6. The Balaban J connectivity index is 1.43. The number of carbonyl (C=O) groups excluding carboxylic acids is 1. The molecule has 0 amide bonds. The molecule has 4 aromatic rings. The lowest BCUT2D eigenvalue weighted by Crippen LogP contribution is -2.32. The van der Waals surface area contributed by atoms with Crippen LogP contribution in [0.5, 0.6) is 23.0 Å². The topological polar surface area (TPSA) is 115 Å². The third-order valence-electron chi connectivity index (χ3n) is 7.66. The molecule has 2 aromatic carbocycles. The number of pyridine rings is 1. The number of fused-ring (bicyclic) bond motifs is 3. The third-order valence-corrected chi connectivity index (χ3v) is 7.66. The van der Waals surface area contributed by atoms with Crippen molar-refractivity contribution in [2.75, 3.05) is 39.9 Å². The van der Waals surface area contributed by atoms with Crippen molar-refractivity contribution >= 4 is 23.1 Å². The summed E-state index contributed by atoms with van der Waals surface area (Å²) < 4.78 is 40.1. The smallest absolute Gasteiger partial charge is 0.336 e. The summed E-state index contributed by atoms with van der Waals surface area (Å²) in [6, 6.07) is 11.7. The van der Waals surface area contributed by atoms with Crippen LogP contribution >= 0.6 is 0 Å². The number of esters is 1. The van der Waals surface area contributed by atoms with E-state index in [1.54, 1.807) is 40.8 Å². The maximum Gasteiger partial charge on any atom is 0.336 e. The molecule has 2 bridgehead atoms. The number of anilines is 1. The van der Waals surface area contributed by atoms with Crippen molar-refractivity contribution in [1.82, 2.24) is 9.97 Å². The van der Waals surface area contributed by atoms with Crippen molar-refractivity contribution in [2.24, 2.45) is 0 Å². The van der Waals surface area contributed by atoms with E-state index in [1.807, 2.05) is 41.3 Å². The quantitative estimate of drug-likeness (QED) is 0.257. The Morgan fingerprint density at radius 1 is 0.927 bits per heavy atom. The number of benzene rings is 2. The van der Waals surface area contributed by atoms with Crippen molar-refractivity contribution in [2.45, 2.75) is 37.6 Å². The molecule has 2 aliphatic rings. The second-order valence-electron chi connectivity index (χ2n) is 9.97. The molecule has 2 unspecified atom stereocenters. The minimum Gasteiger partial charge on any atom is -0.497 e. The Hall–Kier alpha value is -4.51. The van der Waals surface area contributed by atoms with Gasteiger partial charge in [-0.1, -0.05) is 0 Å². The van der Waals surface area contributed by atoms with Gasteiger partial charge >= 0.3 is 5.97 Å². The maximum absolute atomic E-state index is 12.4. The number of methoxy groups -OCH3 is 4. The van der Waals surface area contributed by atoms with E-state index in [4.69, 9.17) is 37.8 Å². The van der Waals surface area contributed by atoms with E-state index in [2.05, 4.69) is 4.98 Å². The number of hydrogen-bond donors (Lipinski definition) is 0.